The van der Waals surface area contributed by atoms with Crippen molar-refractivity contribution in [1.82, 2.24) is 0 Å². The Morgan fingerprint density at radius 3 is 2.54 bits per heavy atom. The summed E-state index contributed by atoms with van der Waals surface area (Å²) in [6.45, 7) is 2.20. The van der Waals surface area contributed by atoms with Crippen molar-refractivity contribution >= 4 is 16.2 Å². The van der Waals surface area contributed by atoms with Gasteiger partial charge in [0.05, 0.1) is 6.10 Å². The van der Waals surface area contributed by atoms with Gasteiger partial charge in [0.15, 0.2) is 0 Å². The Balaban J connectivity index is 1.48. The largest absolute Gasteiger partial charge is 0.397 e. The lowest BCUT2D eigenvalue weighted by Gasteiger charge is -2.54. The zero-order valence-electron chi connectivity index (χ0n) is 14.3. The van der Waals surface area contributed by atoms with E-state index in [1.807, 2.05) is 0 Å². The molecule has 0 radical (unpaired) electrons. The van der Waals surface area contributed by atoms with E-state index in [4.69, 9.17) is 8.74 Å². The minimum absolute atomic E-state index is 0.0702. The smallest absolute Gasteiger partial charge is 0.299 e. The molecule has 24 heavy (non-hydrogen) atoms. The maximum absolute atomic E-state index is 12.4. The van der Waals surface area contributed by atoms with Gasteiger partial charge in [0.1, 0.15) is 5.78 Å². The molecule has 0 aromatic carbocycles. The number of carbonyl (C=O) groups is 1. The fourth-order valence-corrected chi connectivity index (χ4v) is 7.36. The van der Waals surface area contributed by atoms with Crippen molar-refractivity contribution in [3.05, 3.63) is 0 Å². The summed E-state index contributed by atoms with van der Waals surface area (Å²) < 4.78 is 35.7. The van der Waals surface area contributed by atoms with E-state index in [9.17, 15) is 13.2 Å². The van der Waals surface area contributed by atoms with Gasteiger partial charge in [0, 0.05) is 11.8 Å². The molecule has 5 nitrogen and oxygen atoms in total. The summed E-state index contributed by atoms with van der Waals surface area (Å²) >= 11 is 0. The maximum atomic E-state index is 12.4. The Labute approximate surface area is 144 Å². The van der Waals surface area contributed by atoms with Crippen molar-refractivity contribution in [1.29, 1.82) is 0 Å². The van der Waals surface area contributed by atoms with Crippen LogP contribution in [0.5, 0.6) is 0 Å². The van der Waals surface area contributed by atoms with Crippen LogP contribution < -0.4 is 0 Å². The third-order valence-corrected chi connectivity index (χ3v) is 8.39. The number of Topliss-reactive ketones (excluding diaryl/α,β-unsaturated/α-hetero) is 1. The van der Waals surface area contributed by atoms with Crippen LogP contribution in [0.25, 0.3) is 0 Å². The van der Waals surface area contributed by atoms with Gasteiger partial charge in [-0.05, 0) is 81.0 Å². The SMILES string of the molecule is CC12CCC3C4CCC(OS(=O)(=O)O)CC4CCC3C1CCC2=O. The molecule has 4 aliphatic carbocycles. The Hall–Kier alpha value is -0.460. The van der Waals surface area contributed by atoms with Crippen LogP contribution in [-0.4, -0.2) is 24.9 Å². The molecule has 0 amide bonds. The molecule has 6 heteroatoms. The highest BCUT2D eigenvalue weighted by Crippen LogP contribution is 2.61. The predicted molar refractivity (Wildman–Crippen MR) is 88.5 cm³/mol. The van der Waals surface area contributed by atoms with Gasteiger partial charge in [-0.25, -0.2) is 4.18 Å². The van der Waals surface area contributed by atoms with Gasteiger partial charge < -0.3 is 0 Å². The number of carbonyl (C=O) groups excluding carboxylic acids is 1. The molecular formula is C18H28O5S. The van der Waals surface area contributed by atoms with Gasteiger partial charge in [-0.2, -0.15) is 8.42 Å². The van der Waals surface area contributed by atoms with Crippen LogP contribution in [0.4, 0.5) is 0 Å². The molecule has 7 unspecified atom stereocenters. The second kappa shape index (κ2) is 5.78. The van der Waals surface area contributed by atoms with Gasteiger partial charge in [-0.15, -0.1) is 0 Å². The van der Waals surface area contributed by atoms with Crippen LogP contribution in [0.2, 0.25) is 0 Å². The fourth-order valence-electron chi connectivity index (χ4n) is 6.84. The zero-order valence-corrected chi connectivity index (χ0v) is 15.1. The lowest BCUT2D eigenvalue weighted by Crippen LogP contribution is -2.49. The van der Waals surface area contributed by atoms with Crippen molar-refractivity contribution in [3.8, 4) is 0 Å². The quantitative estimate of drug-likeness (QED) is 0.767. The van der Waals surface area contributed by atoms with E-state index in [2.05, 4.69) is 6.92 Å². The first-order valence-corrected chi connectivity index (χ1v) is 10.8. The Morgan fingerprint density at radius 1 is 1.04 bits per heavy atom. The van der Waals surface area contributed by atoms with Crippen LogP contribution in [0.15, 0.2) is 0 Å². The van der Waals surface area contributed by atoms with Crippen LogP contribution in [0, 0.1) is 35.0 Å². The molecule has 4 fully saturated rings. The van der Waals surface area contributed by atoms with E-state index in [-0.39, 0.29) is 11.5 Å². The van der Waals surface area contributed by atoms with Gasteiger partial charge in [-0.1, -0.05) is 6.92 Å². The molecule has 0 bridgehead atoms. The molecule has 0 aromatic rings. The first kappa shape index (κ1) is 17.0. The summed E-state index contributed by atoms with van der Waals surface area (Å²) in [5.74, 6) is 3.57. The molecular weight excluding hydrogens is 328 g/mol. The lowest BCUT2D eigenvalue weighted by atomic mass is 9.50. The summed E-state index contributed by atoms with van der Waals surface area (Å²) in [5, 5.41) is 0. The van der Waals surface area contributed by atoms with Crippen molar-refractivity contribution in [3.63, 3.8) is 0 Å². The van der Waals surface area contributed by atoms with E-state index < -0.39 is 10.4 Å². The second-order valence-electron chi connectivity index (χ2n) is 8.81. The summed E-state index contributed by atoms with van der Waals surface area (Å²) in [6, 6.07) is 0. The summed E-state index contributed by atoms with van der Waals surface area (Å²) in [6.07, 6.45) is 8.38. The van der Waals surface area contributed by atoms with Crippen molar-refractivity contribution in [2.45, 2.75) is 70.8 Å². The Kier molecular flexibility index (Phi) is 4.09. The standard InChI is InChI=1S/C18H28O5S/c1-18-9-8-14-13-5-3-12(23-24(20,21)22)10-11(13)2-4-15(14)16(18)6-7-17(18)19/h11-16H,2-10H2,1H3,(H,20,21,22). The van der Waals surface area contributed by atoms with Crippen molar-refractivity contribution in [2.24, 2.45) is 35.0 Å². The third-order valence-electron chi connectivity index (χ3n) is 7.87. The molecule has 0 spiro atoms. The third kappa shape index (κ3) is 2.74. The zero-order chi connectivity index (χ0) is 17.1. The summed E-state index contributed by atoms with van der Waals surface area (Å²) in [5.41, 5.74) is -0.0702. The summed E-state index contributed by atoms with van der Waals surface area (Å²) in [7, 11) is -4.35. The highest BCUT2D eigenvalue weighted by atomic mass is 32.3. The van der Waals surface area contributed by atoms with Gasteiger partial charge >= 0.3 is 10.4 Å². The number of rotatable bonds is 2. The average molecular weight is 356 g/mol. The van der Waals surface area contributed by atoms with Crippen molar-refractivity contribution < 1.29 is 21.9 Å². The van der Waals surface area contributed by atoms with E-state index in [0.29, 0.717) is 41.8 Å². The molecule has 0 aromatic heterocycles. The molecule has 1 N–H and O–H groups in total. The predicted octanol–water partition coefficient (Wildman–Crippen LogP) is 3.40. The number of hydrogen-bond acceptors (Lipinski definition) is 4. The lowest BCUT2D eigenvalue weighted by molar-refractivity contribution is -0.133. The molecule has 0 heterocycles. The molecule has 0 aliphatic heterocycles. The minimum atomic E-state index is -4.35. The monoisotopic (exact) mass is 356 g/mol. The molecule has 7 atom stereocenters. The van der Waals surface area contributed by atoms with E-state index in [1.165, 1.54) is 0 Å². The number of hydrogen-bond donors (Lipinski definition) is 1. The van der Waals surface area contributed by atoms with Crippen LogP contribution in [0.3, 0.4) is 0 Å². The highest BCUT2D eigenvalue weighted by molar-refractivity contribution is 7.80. The fraction of sp³-hybridized carbons (Fsp3) is 0.944. The topological polar surface area (TPSA) is 80.7 Å². The molecule has 136 valence electrons. The number of fused-ring (bicyclic) bond motifs is 5. The maximum Gasteiger partial charge on any atom is 0.397 e. The van der Waals surface area contributed by atoms with Crippen LogP contribution >= 0.6 is 0 Å². The van der Waals surface area contributed by atoms with Crippen molar-refractivity contribution in [2.75, 3.05) is 0 Å². The first-order chi connectivity index (χ1) is 11.3. The van der Waals surface area contributed by atoms with Crippen LogP contribution in [0.1, 0.15) is 64.7 Å². The normalized spacial score (nSPS) is 48.5. The first-order valence-electron chi connectivity index (χ1n) is 9.47. The van der Waals surface area contributed by atoms with Gasteiger partial charge in [0.2, 0.25) is 0 Å². The average Bonchev–Trinajstić information content (AvgIpc) is 2.81. The van der Waals surface area contributed by atoms with E-state index in [1.54, 1.807) is 0 Å². The Bertz CT molecular complexity index is 629. The van der Waals surface area contributed by atoms with Gasteiger partial charge in [0.25, 0.3) is 0 Å². The Morgan fingerprint density at radius 2 is 1.79 bits per heavy atom. The molecule has 4 aliphatic rings. The highest BCUT2D eigenvalue weighted by Gasteiger charge is 2.57. The van der Waals surface area contributed by atoms with Crippen LogP contribution in [-0.2, 0) is 19.4 Å². The van der Waals surface area contributed by atoms with Gasteiger partial charge in [-0.3, -0.25) is 9.35 Å². The van der Waals surface area contributed by atoms with E-state index in [0.717, 1.165) is 51.4 Å². The van der Waals surface area contributed by atoms with E-state index >= 15 is 0 Å². The summed E-state index contributed by atoms with van der Waals surface area (Å²) in [4.78, 5) is 12.4. The number of ketones is 1. The molecule has 0 saturated heterocycles. The minimum Gasteiger partial charge on any atom is -0.299 e. The molecule has 4 rings (SSSR count). The molecule has 4 saturated carbocycles. The second-order valence-corrected chi connectivity index (χ2v) is 9.86.